The number of rotatable bonds is 6. The van der Waals surface area contributed by atoms with Gasteiger partial charge in [-0.2, -0.15) is 11.3 Å². The highest BCUT2D eigenvalue weighted by Gasteiger charge is 2.08. The molecule has 100 valence electrons. The van der Waals surface area contributed by atoms with Crippen molar-refractivity contribution in [2.45, 2.75) is 19.4 Å². The molecule has 0 bridgehead atoms. The Morgan fingerprint density at radius 3 is 2.63 bits per heavy atom. The van der Waals surface area contributed by atoms with Gasteiger partial charge in [0.1, 0.15) is 0 Å². The average Bonchev–Trinajstić information content (AvgIpc) is 2.92. The second-order valence-electron chi connectivity index (χ2n) is 4.41. The van der Waals surface area contributed by atoms with E-state index in [0.29, 0.717) is 0 Å². The van der Waals surface area contributed by atoms with E-state index in [9.17, 15) is 10.1 Å². The topological polar surface area (TPSA) is 55.2 Å². The third kappa shape index (κ3) is 3.87. The van der Waals surface area contributed by atoms with Crippen molar-refractivity contribution >= 4 is 17.0 Å². The number of hydrogen-bond acceptors (Lipinski definition) is 4. The van der Waals surface area contributed by atoms with Crippen LogP contribution in [0.25, 0.3) is 0 Å². The van der Waals surface area contributed by atoms with Gasteiger partial charge in [-0.1, -0.05) is 12.1 Å². The van der Waals surface area contributed by atoms with E-state index in [1.165, 1.54) is 5.56 Å². The van der Waals surface area contributed by atoms with Gasteiger partial charge in [-0.05, 0) is 47.8 Å². The maximum atomic E-state index is 10.6. The number of nitro benzene ring substituents is 1. The Kier molecular flexibility index (Phi) is 4.65. The molecule has 0 saturated carbocycles. The Morgan fingerprint density at radius 2 is 2.05 bits per heavy atom. The van der Waals surface area contributed by atoms with E-state index in [0.717, 1.165) is 18.5 Å². The van der Waals surface area contributed by atoms with Crippen molar-refractivity contribution in [2.75, 3.05) is 6.54 Å². The first-order valence-corrected chi connectivity index (χ1v) is 7.10. The van der Waals surface area contributed by atoms with Gasteiger partial charge < -0.3 is 5.32 Å². The molecular weight excluding hydrogens is 260 g/mol. The minimum Gasteiger partial charge on any atom is -0.310 e. The molecule has 1 aromatic heterocycles. The largest absolute Gasteiger partial charge is 0.310 e. The van der Waals surface area contributed by atoms with Gasteiger partial charge in [-0.3, -0.25) is 10.1 Å². The molecule has 0 fully saturated rings. The lowest BCUT2D eigenvalue weighted by Crippen LogP contribution is -2.21. The third-order valence-corrected chi connectivity index (χ3v) is 3.78. The predicted octanol–water partition coefficient (Wildman–Crippen LogP) is 3.55. The summed E-state index contributed by atoms with van der Waals surface area (Å²) in [7, 11) is 0. The molecule has 1 atom stereocenters. The molecule has 0 spiro atoms. The Labute approximate surface area is 116 Å². The molecule has 0 amide bonds. The maximum absolute atomic E-state index is 10.6. The lowest BCUT2D eigenvalue weighted by molar-refractivity contribution is -0.384. The molecule has 0 saturated heterocycles. The maximum Gasteiger partial charge on any atom is 0.269 e. The fraction of sp³-hybridized carbons (Fsp3) is 0.286. The minimum absolute atomic E-state index is 0.134. The normalized spacial score (nSPS) is 12.3. The summed E-state index contributed by atoms with van der Waals surface area (Å²) in [5, 5.41) is 18.2. The molecule has 1 N–H and O–H groups in total. The number of non-ortho nitro benzene ring substituents is 1. The van der Waals surface area contributed by atoms with Crippen LogP contribution in [0.4, 0.5) is 5.69 Å². The van der Waals surface area contributed by atoms with Crippen LogP contribution in [0.1, 0.15) is 24.1 Å². The lowest BCUT2D eigenvalue weighted by Gasteiger charge is -2.13. The molecule has 0 aliphatic rings. The summed E-state index contributed by atoms with van der Waals surface area (Å²) in [6.07, 6.45) is 1.00. The smallest absolute Gasteiger partial charge is 0.269 e. The molecule has 2 rings (SSSR count). The van der Waals surface area contributed by atoms with Crippen LogP contribution in [0, 0.1) is 10.1 Å². The van der Waals surface area contributed by atoms with Crippen molar-refractivity contribution in [3.63, 3.8) is 0 Å². The summed E-state index contributed by atoms with van der Waals surface area (Å²) in [6, 6.07) is 9.03. The van der Waals surface area contributed by atoms with Gasteiger partial charge in [0, 0.05) is 18.2 Å². The molecule has 1 unspecified atom stereocenters. The Morgan fingerprint density at radius 1 is 1.32 bits per heavy atom. The SMILES string of the molecule is CC(NCCc1ccsc1)c1ccc([N+](=O)[O-])cc1. The molecule has 2 aromatic rings. The van der Waals surface area contributed by atoms with Gasteiger partial charge in [0.05, 0.1) is 4.92 Å². The van der Waals surface area contributed by atoms with E-state index in [4.69, 9.17) is 0 Å². The van der Waals surface area contributed by atoms with Crippen LogP contribution in [0.2, 0.25) is 0 Å². The number of nitro groups is 1. The highest BCUT2D eigenvalue weighted by molar-refractivity contribution is 7.07. The molecule has 0 aliphatic carbocycles. The first-order valence-electron chi connectivity index (χ1n) is 6.15. The van der Waals surface area contributed by atoms with Crippen LogP contribution in [-0.2, 0) is 6.42 Å². The standard InChI is InChI=1S/C14H16N2O2S/c1-11(15-8-6-12-7-9-19-10-12)13-2-4-14(5-3-13)16(17)18/h2-5,7,9-11,15H,6,8H2,1H3. The van der Waals surface area contributed by atoms with E-state index in [1.807, 2.05) is 0 Å². The summed E-state index contributed by atoms with van der Waals surface area (Å²) < 4.78 is 0. The van der Waals surface area contributed by atoms with Crippen molar-refractivity contribution in [1.82, 2.24) is 5.32 Å². The minimum atomic E-state index is -0.377. The van der Waals surface area contributed by atoms with E-state index in [1.54, 1.807) is 35.6 Å². The van der Waals surface area contributed by atoms with Crippen LogP contribution >= 0.6 is 11.3 Å². The Bertz CT molecular complexity index is 523. The van der Waals surface area contributed by atoms with E-state index in [-0.39, 0.29) is 16.7 Å². The van der Waals surface area contributed by atoms with Crippen molar-refractivity contribution in [3.05, 3.63) is 62.3 Å². The van der Waals surface area contributed by atoms with E-state index < -0.39 is 0 Å². The lowest BCUT2D eigenvalue weighted by atomic mass is 10.1. The zero-order valence-electron chi connectivity index (χ0n) is 10.7. The molecule has 4 nitrogen and oxygen atoms in total. The van der Waals surface area contributed by atoms with Gasteiger partial charge in [-0.15, -0.1) is 0 Å². The highest BCUT2D eigenvalue weighted by Crippen LogP contribution is 2.17. The molecule has 1 heterocycles. The second-order valence-corrected chi connectivity index (χ2v) is 5.19. The average molecular weight is 276 g/mol. The molecule has 19 heavy (non-hydrogen) atoms. The number of nitrogens with zero attached hydrogens (tertiary/aromatic N) is 1. The van der Waals surface area contributed by atoms with Gasteiger partial charge in [-0.25, -0.2) is 0 Å². The fourth-order valence-electron chi connectivity index (χ4n) is 1.87. The van der Waals surface area contributed by atoms with Crippen LogP contribution in [-0.4, -0.2) is 11.5 Å². The molecule has 5 heteroatoms. The van der Waals surface area contributed by atoms with Gasteiger partial charge in [0.15, 0.2) is 0 Å². The Balaban J connectivity index is 1.85. The number of thiophene rings is 1. The highest BCUT2D eigenvalue weighted by atomic mass is 32.1. The van der Waals surface area contributed by atoms with Crippen molar-refractivity contribution in [3.8, 4) is 0 Å². The Hall–Kier alpha value is -1.72. The monoisotopic (exact) mass is 276 g/mol. The summed E-state index contributed by atoms with van der Waals surface area (Å²) in [4.78, 5) is 10.2. The summed E-state index contributed by atoms with van der Waals surface area (Å²) in [5.41, 5.74) is 2.54. The van der Waals surface area contributed by atoms with Crippen LogP contribution in [0.5, 0.6) is 0 Å². The van der Waals surface area contributed by atoms with E-state index in [2.05, 4.69) is 29.1 Å². The van der Waals surface area contributed by atoms with Crippen LogP contribution in [0.15, 0.2) is 41.1 Å². The molecule has 1 aromatic carbocycles. The van der Waals surface area contributed by atoms with Crippen molar-refractivity contribution < 1.29 is 4.92 Å². The van der Waals surface area contributed by atoms with Crippen LogP contribution < -0.4 is 5.32 Å². The van der Waals surface area contributed by atoms with Crippen LogP contribution in [0.3, 0.4) is 0 Å². The zero-order chi connectivity index (χ0) is 13.7. The van der Waals surface area contributed by atoms with Crippen molar-refractivity contribution in [1.29, 1.82) is 0 Å². The first kappa shape index (κ1) is 13.7. The quantitative estimate of drug-likeness (QED) is 0.648. The summed E-state index contributed by atoms with van der Waals surface area (Å²) in [6.45, 7) is 2.96. The van der Waals surface area contributed by atoms with Crippen molar-refractivity contribution in [2.24, 2.45) is 0 Å². The van der Waals surface area contributed by atoms with Gasteiger partial charge in [0.2, 0.25) is 0 Å². The van der Waals surface area contributed by atoms with Gasteiger partial charge in [0.25, 0.3) is 5.69 Å². The number of benzene rings is 1. The first-order chi connectivity index (χ1) is 9.16. The number of hydrogen-bond donors (Lipinski definition) is 1. The zero-order valence-corrected chi connectivity index (χ0v) is 11.5. The number of nitrogens with one attached hydrogen (secondary N) is 1. The summed E-state index contributed by atoms with van der Waals surface area (Å²) in [5.74, 6) is 0. The van der Waals surface area contributed by atoms with E-state index >= 15 is 0 Å². The predicted molar refractivity (Wildman–Crippen MR) is 77.5 cm³/mol. The molecule has 0 aliphatic heterocycles. The van der Waals surface area contributed by atoms with Gasteiger partial charge >= 0.3 is 0 Å². The fourth-order valence-corrected chi connectivity index (χ4v) is 2.57. The molecule has 0 radical (unpaired) electrons. The molecular formula is C14H16N2O2S. The summed E-state index contributed by atoms with van der Waals surface area (Å²) >= 11 is 1.71. The third-order valence-electron chi connectivity index (χ3n) is 3.05. The second kappa shape index (κ2) is 6.45.